The number of allylic oxidation sites excluding steroid dienone is 4. The van der Waals surface area contributed by atoms with E-state index >= 15 is 4.39 Å². The first kappa shape index (κ1) is 28.4. The first-order valence-corrected chi connectivity index (χ1v) is 15.0. The van der Waals surface area contributed by atoms with Crippen molar-refractivity contribution in [3.8, 4) is 0 Å². The molecular weight excluding hydrogens is 551 g/mol. The van der Waals surface area contributed by atoms with Gasteiger partial charge < -0.3 is 30.7 Å². The van der Waals surface area contributed by atoms with Crippen LogP contribution >= 0.6 is 0 Å². The van der Waals surface area contributed by atoms with Crippen molar-refractivity contribution in [3.05, 3.63) is 77.9 Å². The Balaban J connectivity index is 1.20. The Kier molecular flexibility index (Phi) is 6.32. The molecule has 0 radical (unpaired) electrons. The normalized spacial score (nSPS) is 41.1. The van der Waals surface area contributed by atoms with E-state index in [0.717, 1.165) is 11.4 Å². The number of hydrogen-bond donors (Lipinski definition) is 4. The summed E-state index contributed by atoms with van der Waals surface area (Å²) in [5.41, 5.74) is 3.89. The van der Waals surface area contributed by atoms with Gasteiger partial charge in [-0.05, 0) is 81.0 Å². The van der Waals surface area contributed by atoms with Crippen LogP contribution in [0.4, 0.5) is 21.5 Å². The molecule has 0 spiro atoms. The van der Waals surface area contributed by atoms with Gasteiger partial charge in [0.1, 0.15) is 6.61 Å². The van der Waals surface area contributed by atoms with Crippen LogP contribution in [0.2, 0.25) is 0 Å². The van der Waals surface area contributed by atoms with Crippen LogP contribution in [0.15, 0.2) is 72.3 Å². The molecule has 9 atom stereocenters. The third kappa shape index (κ3) is 3.75. The minimum absolute atomic E-state index is 0.0449. The summed E-state index contributed by atoms with van der Waals surface area (Å²) >= 11 is 0. The number of nitrogens with two attached hydrogens (primary N) is 1. The largest absolute Gasteiger partial charge is 0.399 e. The summed E-state index contributed by atoms with van der Waals surface area (Å²) in [5.74, 6) is -1.64. The predicted octanol–water partition coefficient (Wildman–Crippen LogP) is 4.71. The zero-order valence-electron chi connectivity index (χ0n) is 24.3. The van der Waals surface area contributed by atoms with Gasteiger partial charge in [-0.2, -0.15) is 0 Å². The average molecular weight is 589 g/mol. The molecule has 0 bridgehead atoms. The number of benzene rings is 2. The molecule has 4 fully saturated rings. The molecular formula is C34H37FN2O6. The van der Waals surface area contributed by atoms with Gasteiger partial charge in [0.2, 0.25) is 0 Å². The van der Waals surface area contributed by atoms with Crippen molar-refractivity contribution < 1.29 is 33.7 Å². The number of anilines is 3. The van der Waals surface area contributed by atoms with Gasteiger partial charge in [0.25, 0.3) is 0 Å². The van der Waals surface area contributed by atoms with Crippen LogP contribution in [0, 0.1) is 22.7 Å². The molecule has 7 rings (SSSR count). The van der Waals surface area contributed by atoms with Crippen molar-refractivity contribution in [2.75, 3.05) is 17.7 Å². The maximum Gasteiger partial charge on any atom is 0.193 e. The molecule has 5 aliphatic rings. The lowest BCUT2D eigenvalue weighted by molar-refractivity contribution is -0.231. The van der Waals surface area contributed by atoms with E-state index in [1.54, 1.807) is 13.0 Å². The third-order valence-corrected chi connectivity index (χ3v) is 11.3. The molecule has 1 saturated heterocycles. The number of carbonyl (C=O) groups is 2. The van der Waals surface area contributed by atoms with Gasteiger partial charge in [-0.25, -0.2) is 4.39 Å². The van der Waals surface area contributed by atoms with Crippen molar-refractivity contribution >= 4 is 28.6 Å². The molecule has 2 aromatic rings. The second kappa shape index (κ2) is 9.56. The van der Waals surface area contributed by atoms with Crippen molar-refractivity contribution in [2.24, 2.45) is 22.7 Å². The molecule has 226 valence electrons. The number of halogens is 1. The first-order chi connectivity index (χ1) is 20.5. The highest BCUT2D eigenvalue weighted by Gasteiger charge is 2.79. The van der Waals surface area contributed by atoms with Gasteiger partial charge in [0.15, 0.2) is 29.1 Å². The summed E-state index contributed by atoms with van der Waals surface area (Å²) < 4.78 is 30.6. The number of rotatable bonds is 5. The summed E-state index contributed by atoms with van der Waals surface area (Å²) in [6, 6.07) is 14.9. The van der Waals surface area contributed by atoms with E-state index < -0.39 is 58.9 Å². The van der Waals surface area contributed by atoms with E-state index in [1.165, 1.54) is 12.2 Å². The third-order valence-electron chi connectivity index (χ3n) is 11.3. The average Bonchev–Trinajstić information content (AvgIpc) is 3.47. The number of nitrogen functional groups attached to an aromatic ring is 1. The maximum atomic E-state index is 17.5. The monoisotopic (exact) mass is 588 g/mol. The lowest BCUT2D eigenvalue weighted by Gasteiger charge is -2.62. The van der Waals surface area contributed by atoms with Gasteiger partial charge in [0, 0.05) is 39.4 Å². The molecule has 1 heterocycles. The summed E-state index contributed by atoms with van der Waals surface area (Å²) in [5, 5.41) is 25.2. The Morgan fingerprint density at radius 2 is 1.91 bits per heavy atom. The number of ether oxygens (including phenoxy) is 2. The Morgan fingerprint density at radius 3 is 2.63 bits per heavy atom. The predicted molar refractivity (Wildman–Crippen MR) is 158 cm³/mol. The van der Waals surface area contributed by atoms with Crippen LogP contribution < -0.4 is 11.1 Å². The number of alkyl halides is 1. The van der Waals surface area contributed by atoms with Crippen molar-refractivity contribution in [2.45, 2.75) is 69.3 Å². The zero-order chi connectivity index (χ0) is 30.4. The highest BCUT2D eigenvalue weighted by molar-refractivity contribution is 6.01. The van der Waals surface area contributed by atoms with Crippen LogP contribution in [-0.2, 0) is 19.1 Å². The molecule has 43 heavy (non-hydrogen) atoms. The Bertz CT molecular complexity index is 1560. The van der Waals surface area contributed by atoms with Crippen molar-refractivity contribution in [1.82, 2.24) is 0 Å². The van der Waals surface area contributed by atoms with Crippen LogP contribution in [0.25, 0.3) is 0 Å². The molecule has 3 saturated carbocycles. The molecule has 2 aromatic carbocycles. The minimum Gasteiger partial charge on any atom is -0.399 e. The van der Waals surface area contributed by atoms with E-state index in [-0.39, 0.29) is 18.1 Å². The number of ketones is 2. The van der Waals surface area contributed by atoms with Crippen LogP contribution in [0.3, 0.4) is 0 Å². The standard InChI is InChI=1S/C34H37FN2O6/c1-31-13-12-24(39)14-20(31)8-11-25-26-16-29-34(28(41)18-38,32(26,2)17-27(40)33(25,31)35)43-30(42-29)19-6-9-22(10-7-19)37-23-5-3-4-21(36)15-23/h3-7,9-10,12-15,25-27,29-30,37-38,40H,8,11,16-18,36H2,1-2H3/t25-,26-,27-,29+,30+,31-,32-,33-,34+/m0/s1. The highest BCUT2D eigenvalue weighted by Crippen LogP contribution is 2.72. The fourth-order valence-electron chi connectivity index (χ4n) is 9.23. The summed E-state index contributed by atoms with van der Waals surface area (Å²) in [7, 11) is 0. The number of aliphatic hydroxyl groups is 2. The molecule has 9 heteroatoms. The number of aliphatic hydroxyl groups excluding tert-OH is 2. The van der Waals surface area contributed by atoms with Gasteiger partial charge in [-0.3, -0.25) is 9.59 Å². The van der Waals surface area contributed by atoms with Gasteiger partial charge in [-0.15, -0.1) is 0 Å². The SMILES string of the molecule is C[C@]12C=CC(=O)C=C1CC[C@H]1[C@@H]3C[C@H]4O[C@@H](c5ccc(Nc6cccc(N)c6)cc5)O[C@@]4(C(=O)CO)[C@@]3(C)C[C@H](O)[C@@]12F. The maximum absolute atomic E-state index is 17.5. The molecule has 0 unspecified atom stereocenters. The fraction of sp³-hybridized carbons (Fsp3) is 0.471. The van der Waals surface area contributed by atoms with E-state index in [1.807, 2.05) is 55.5 Å². The second-order valence-electron chi connectivity index (χ2n) is 13.3. The smallest absolute Gasteiger partial charge is 0.193 e. The summed E-state index contributed by atoms with van der Waals surface area (Å²) in [4.78, 5) is 25.8. The van der Waals surface area contributed by atoms with Crippen molar-refractivity contribution in [1.29, 1.82) is 0 Å². The van der Waals surface area contributed by atoms with Gasteiger partial charge >= 0.3 is 0 Å². The zero-order valence-corrected chi connectivity index (χ0v) is 24.3. The van der Waals surface area contributed by atoms with E-state index in [4.69, 9.17) is 15.2 Å². The van der Waals surface area contributed by atoms with Gasteiger partial charge in [0.05, 0.1) is 12.2 Å². The number of nitrogens with one attached hydrogen (secondary N) is 1. The van der Waals surface area contributed by atoms with Crippen LogP contribution in [0.1, 0.15) is 51.4 Å². The quantitative estimate of drug-likeness (QED) is 0.370. The van der Waals surface area contributed by atoms with Crippen molar-refractivity contribution in [3.63, 3.8) is 0 Å². The van der Waals surface area contributed by atoms with E-state index in [0.29, 0.717) is 36.1 Å². The fourth-order valence-corrected chi connectivity index (χ4v) is 9.23. The van der Waals surface area contributed by atoms with E-state index in [9.17, 15) is 19.8 Å². The number of carbonyl (C=O) groups excluding carboxylic acids is 2. The topological polar surface area (TPSA) is 131 Å². The van der Waals surface area contributed by atoms with Crippen LogP contribution in [0.5, 0.6) is 0 Å². The number of hydrogen-bond acceptors (Lipinski definition) is 8. The highest BCUT2D eigenvalue weighted by atomic mass is 19.1. The molecule has 0 amide bonds. The first-order valence-electron chi connectivity index (χ1n) is 15.0. The molecule has 4 aliphatic carbocycles. The van der Waals surface area contributed by atoms with E-state index in [2.05, 4.69) is 5.32 Å². The summed E-state index contributed by atoms with van der Waals surface area (Å²) in [6.07, 6.45) is 2.75. The minimum atomic E-state index is -2.04. The Labute approximate surface area is 249 Å². The number of fused-ring (bicyclic) bond motifs is 7. The molecule has 5 N–H and O–H groups in total. The van der Waals surface area contributed by atoms with Crippen LogP contribution in [-0.4, -0.2) is 51.9 Å². The van der Waals surface area contributed by atoms with Gasteiger partial charge in [-0.1, -0.05) is 36.8 Å². The summed E-state index contributed by atoms with van der Waals surface area (Å²) in [6.45, 7) is 2.89. The molecule has 0 aromatic heterocycles. The lowest BCUT2D eigenvalue weighted by Crippen LogP contribution is -2.69. The lowest BCUT2D eigenvalue weighted by atomic mass is 9.44. The Hall–Kier alpha value is -3.37. The number of Topliss-reactive ketones (excluding diaryl/α,β-unsaturated/α-hetero) is 1. The molecule has 1 aliphatic heterocycles. The second-order valence-corrected chi connectivity index (χ2v) is 13.3. The molecule has 8 nitrogen and oxygen atoms in total. The Morgan fingerprint density at radius 1 is 1.14 bits per heavy atom.